The molecule has 1 aliphatic heterocycles. The lowest BCUT2D eigenvalue weighted by Gasteiger charge is -2.33. The van der Waals surface area contributed by atoms with Crippen LogP contribution in [0.25, 0.3) is 0 Å². The number of carbonyl (C=O) groups is 2. The average Bonchev–Trinajstić information content (AvgIpc) is 2.54. The molecular weight excluding hydrogens is 323 g/mol. The molecule has 6 heteroatoms. The Morgan fingerprint density at radius 2 is 1.76 bits per heavy atom. The fourth-order valence-electron chi connectivity index (χ4n) is 2.82. The number of nitrogens with one attached hydrogen (secondary N) is 1. The molecule has 1 aliphatic rings. The quantitative estimate of drug-likeness (QED) is 0.905. The first-order valence-electron chi connectivity index (χ1n) is 8.69. The molecule has 0 spiro atoms. The van der Waals surface area contributed by atoms with Gasteiger partial charge in [0.05, 0.1) is 6.04 Å². The average molecular weight is 350 g/mol. The Balaban J connectivity index is 1.82. The largest absolute Gasteiger partial charge is 0.444 e. The second kappa shape index (κ2) is 7.85. The topological polar surface area (TPSA) is 58.6 Å². The Morgan fingerprint density at radius 3 is 2.28 bits per heavy atom. The molecule has 1 aromatic carbocycles. The van der Waals surface area contributed by atoms with Crippen LogP contribution in [0.5, 0.6) is 0 Å². The van der Waals surface area contributed by atoms with Crippen LogP contribution in [0.15, 0.2) is 24.3 Å². The summed E-state index contributed by atoms with van der Waals surface area (Å²) < 4.78 is 18.3. The maximum absolute atomic E-state index is 13.0. The van der Waals surface area contributed by atoms with Gasteiger partial charge < -0.3 is 15.0 Å². The zero-order valence-electron chi connectivity index (χ0n) is 15.3. The number of hydrogen-bond acceptors (Lipinski definition) is 3. The summed E-state index contributed by atoms with van der Waals surface area (Å²) in [7, 11) is 0. The molecule has 0 saturated carbocycles. The van der Waals surface area contributed by atoms with Crippen LogP contribution in [0.1, 0.15) is 52.1 Å². The van der Waals surface area contributed by atoms with Gasteiger partial charge in [-0.05, 0) is 58.2 Å². The standard InChI is InChI=1S/C19H27FN2O3/c1-13(14-5-7-16(20)8-6-14)21-17(23)15-9-11-22(12-10-15)18(24)25-19(2,3)4/h5-8,13,15H,9-12H2,1-4H3,(H,21,23)/t13-/m1/s1. The fraction of sp³-hybridized carbons (Fsp3) is 0.579. The van der Waals surface area contributed by atoms with E-state index in [0.29, 0.717) is 25.9 Å². The van der Waals surface area contributed by atoms with Crippen molar-refractivity contribution in [3.8, 4) is 0 Å². The molecule has 5 nitrogen and oxygen atoms in total. The minimum Gasteiger partial charge on any atom is -0.444 e. The molecule has 0 aromatic heterocycles. The first-order valence-corrected chi connectivity index (χ1v) is 8.69. The van der Waals surface area contributed by atoms with Gasteiger partial charge in [0.1, 0.15) is 11.4 Å². The Morgan fingerprint density at radius 1 is 1.20 bits per heavy atom. The van der Waals surface area contributed by atoms with Crippen LogP contribution in [-0.4, -0.2) is 35.6 Å². The van der Waals surface area contributed by atoms with Gasteiger partial charge in [-0.2, -0.15) is 0 Å². The molecule has 1 aromatic rings. The van der Waals surface area contributed by atoms with E-state index in [-0.39, 0.29) is 29.8 Å². The van der Waals surface area contributed by atoms with Gasteiger partial charge in [-0.15, -0.1) is 0 Å². The lowest BCUT2D eigenvalue weighted by molar-refractivity contribution is -0.127. The number of rotatable bonds is 3. The summed E-state index contributed by atoms with van der Waals surface area (Å²) in [5.41, 5.74) is 0.344. The Kier molecular flexibility index (Phi) is 6.03. The highest BCUT2D eigenvalue weighted by atomic mass is 19.1. The van der Waals surface area contributed by atoms with Gasteiger partial charge in [0.25, 0.3) is 0 Å². The Bertz CT molecular complexity index is 602. The van der Waals surface area contributed by atoms with E-state index in [2.05, 4.69) is 5.32 Å². The number of halogens is 1. The molecule has 138 valence electrons. The van der Waals surface area contributed by atoms with Crippen molar-refractivity contribution in [3.63, 3.8) is 0 Å². The first-order chi connectivity index (χ1) is 11.7. The second-order valence-corrected chi connectivity index (χ2v) is 7.52. The fourth-order valence-corrected chi connectivity index (χ4v) is 2.82. The third-order valence-electron chi connectivity index (χ3n) is 4.25. The number of ether oxygens (including phenoxy) is 1. The van der Waals surface area contributed by atoms with Crippen LogP contribution in [-0.2, 0) is 9.53 Å². The van der Waals surface area contributed by atoms with Gasteiger partial charge in [-0.3, -0.25) is 4.79 Å². The molecule has 1 atom stereocenters. The Hall–Kier alpha value is -2.11. The Labute approximate surface area is 148 Å². The van der Waals surface area contributed by atoms with E-state index in [1.165, 1.54) is 12.1 Å². The van der Waals surface area contributed by atoms with Crippen molar-refractivity contribution in [1.82, 2.24) is 10.2 Å². The second-order valence-electron chi connectivity index (χ2n) is 7.52. The van der Waals surface area contributed by atoms with Gasteiger partial charge in [-0.25, -0.2) is 9.18 Å². The van der Waals surface area contributed by atoms with Crippen molar-refractivity contribution < 1.29 is 18.7 Å². The van der Waals surface area contributed by atoms with Gasteiger partial charge in [0.15, 0.2) is 0 Å². The van der Waals surface area contributed by atoms with Crippen LogP contribution in [0.4, 0.5) is 9.18 Å². The summed E-state index contributed by atoms with van der Waals surface area (Å²) in [4.78, 5) is 26.1. The lowest BCUT2D eigenvalue weighted by atomic mass is 9.95. The molecule has 0 bridgehead atoms. The van der Waals surface area contributed by atoms with E-state index in [0.717, 1.165) is 5.56 Å². The zero-order chi connectivity index (χ0) is 18.6. The summed E-state index contributed by atoms with van der Waals surface area (Å²) in [6.45, 7) is 8.41. The summed E-state index contributed by atoms with van der Waals surface area (Å²) in [5, 5.41) is 2.97. The highest BCUT2D eigenvalue weighted by Gasteiger charge is 2.30. The highest BCUT2D eigenvalue weighted by molar-refractivity contribution is 5.79. The van der Waals surface area contributed by atoms with E-state index in [1.54, 1.807) is 17.0 Å². The maximum Gasteiger partial charge on any atom is 0.410 e. The van der Waals surface area contributed by atoms with Crippen LogP contribution in [0.3, 0.4) is 0 Å². The molecule has 1 fully saturated rings. The van der Waals surface area contributed by atoms with E-state index >= 15 is 0 Å². The number of amides is 2. The van der Waals surface area contributed by atoms with Crippen LogP contribution in [0, 0.1) is 11.7 Å². The minimum atomic E-state index is -0.518. The van der Waals surface area contributed by atoms with Crippen molar-refractivity contribution in [2.24, 2.45) is 5.92 Å². The smallest absolute Gasteiger partial charge is 0.410 e. The van der Waals surface area contributed by atoms with Gasteiger partial charge in [0, 0.05) is 19.0 Å². The maximum atomic E-state index is 13.0. The highest BCUT2D eigenvalue weighted by Crippen LogP contribution is 2.21. The molecule has 25 heavy (non-hydrogen) atoms. The minimum absolute atomic E-state index is 0.0272. The molecule has 1 N–H and O–H groups in total. The summed E-state index contributed by atoms with van der Waals surface area (Å²) in [6.07, 6.45) is 0.897. The van der Waals surface area contributed by atoms with Crippen LogP contribution >= 0.6 is 0 Å². The molecule has 2 amide bonds. The number of nitrogens with zero attached hydrogens (tertiary/aromatic N) is 1. The molecule has 0 radical (unpaired) electrons. The van der Waals surface area contributed by atoms with E-state index < -0.39 is 5.60 Å². The summed E-state index contributed by atoms with van der Waals surface area (Å²) in [5.74, 6) is -0.445. The van der Waals surface area contributed by atoms with Crippen molar-refractivity contribution in [2.45, 2.75) is 52.2 Å². The first kappa shape index (κ1) is 19.2. The van der Waals surface area contributed by atoms with E-state index in [9.17, 15) is 14.0 Å². The molecular formula is C19H27FN2O3. The molecule has 1 saturated heterocycles. The van der Waals surface area contributed by atoms with Gasteiger partial charge in [0.2, 0.25) is 5.91 Å². The number of piperidine rings is 1. The number of likely N-dealkylation sites (tertiary alicyclic amines) is 1. The SMILES string of the molecule is C[C@@H](NC(=O)C1CCN(C(=O)OC(C)(C)C)CC1)c1ccc(F)cc1. The number of benzene rings is 1. The number of hydrogen-bond donors (Lipinski definition) is 1. The molecule has 0 unspecified atom stereocenters. The summed E-state index contributed by atoms with van der Waals surface area (Å²) in [6, 6.07) is 5.93. The van der Waals surface area contributed by atoms with E-state index in [4.69, 9.17) is 4.74 Å². The predicted octanol–water partition coefficient (Wildman–Crippen LogP) is 3.65. The molecule has 2 rings (SSSR count). The number of carbonyl (C=O) groups excluding carboxylic acids is 2. The van der Waals surface area contributed by atoms with Gasteiger partial charge in [-0.1, -0.05) is 12.1 Å². The monoisotopic (exact) mass is 350 g/mol. The van der Waals surface area contributed by atoms with Crippen molar-refractivity contribution >= 4 is 12.0 Å². The third-order valence-corrected chi connectivity index (χ3v) is 4.25. The third kappa shape index (κ3) is 5.73. The molecule has 1 heterocycles. The predicted molar refractivity (Wildman–Crippen MR) is 93.5 cm³/mol. The summed E-state index contributed by atoms with van der Waals surface area (Å²) >= 11 is 0. The van der Waals surface area contributed by atoms with Crippen LogP contribution in [0.2, 0.25) is 0 Å². The van der Waals surface area contributed by atoms with Gasteiger partial charge >= 0.3 is 6.09 Å². The van der Waals surface area contributed by atoms with E-state index in [1.807, 2.05) is 27.7 Å². The van der Waals surface area contributed by atoms with Crippen LogP contribution < -0.4 is 5.32 Å². The normalized spacial score (nSPS) is 17.1. The van der Waals surface area contributed by atoms with Crippen molar-refractivity contribution in [2.75, 3.05) is 13.1 Å². The zero-order valence-corrected chi connectivity index (χ0v) is 15.3. The van der Waals surface area contributed by atoms with Crippen molar-refractivity contribution in [3.05, 3.63) is 35.6 Å². The lowest BCUT2D eigenvalue weighted by Crippen LogP contribution is -2.45. The van der Waals surface area contributed by atoms with Crippen molar-refractivity contribution in [1.29, 1.82) is 0 Å². The molecule has 0 aliphatic carbocycles.